The van der Waals surface area contributed by atoms with Crippen LogP contribution in [0.4, 0.5) is 4.39 Å². The lowest BCUT2D eigenvalue weighted by Crippen LogP contribution is -2.23. The summed E-state index contributed by atoms with van der Waals surface area (Å²) in [5, 5.41) is 0.222. The molecule has 1 unspecified atom stereocenters. The van der Waals surface area contributed by atoms with Gasteiger partial charge in [-0.05, 0) is 98.8 Å². The Hall–Kier alpha value is -1.86. The first-order valence-corrected chi connectivity index (χ1v) is 12.8. The monoisotopic (exact) mass is 450 g/mol. The molecular formula is C30H36ClF. The van der Waals surface area contributed by atoms with Gasteiger partial charge in [0.1, 0.15) is 5.82 Å². The van der Waals surface area contributed by atoms with Gasteiger partial charge in [0.15, 0.2) is 0 Å². The van der Waals surface area contributed by atoms with Crippen LogP contribution in [0.3, 0.4) is 0 Å². The van der Waals surface area contributed by atoms with Crippen molar-refractivity contribution in [1.29, 1.82) is 0 Å². The molecule has 4 rings (SSSR count). The number of allylic oxidation sites excluding steroid dienone is 4. The summed E-state index contributed by atoms with van der Waals surface area (Å²) in [7, 11) is 0. The van der Waals surface area contributed by atoms with E-state index in [1.165, 1.54) is 62.5 Å². The fraction of sp³-hybridized carbons (Fsp3) is 0.467. The molecule has 2 aliphatic carbocycles. The van der Waals surface area contributed by atoms with E-state index in [2.05, 4.69) is 37.3 Å². The fourth-order valence-corrected chi connectivity index (χ4v) is 5.89. The minimum atomic E-state index is -0.323. The average molecular weight is 451 g/mol. The summed E-state index contributed by atoms with van der Waals surface area (Å²) in [6, 6.07) is 12.1. The van der Waals surface area contributed by atoms with Crippen molar-refractivity contribution in [2.24, 2.45) is 17.8 Å². The highest BCUT2D eigenvalue weighted by atomic mass is 35.5. The van der Waals surface area contributed by atoms with Crippen LogP contribution in [0.1, 0.15) is 75.8 Å². The highest BCUT2D eigenvalue weighted by molar-refractivity contribution is 6.31. The number of benzene rings is 2. The first-order chi connectivity index (χ1) is 15.6. The molecule has 0 spiro atoms. The van der Waals surface area contributed by atoms with Crippen molar-refractivity contribution in [3.63, 3.8) is 0 Å². The second-order valence-corrected chi connectivity index (χ2v) is 10.2. The first-order valence-electron chi connectivity index (χ1n) is 12.4. The highest BCUT2D eigenvalue weighted by Crippen LogP contribution is 2.42. The predicted octanol–water partition coefficient (Wildman–Crippen LogP) is 9.80. The molecule has 0 N–H and O–H groups in total. The molecule has 2 heteroatoms. The van der Waals surface area contributed by atoms with Crippen LogP contribution < -0.4 is 0 Å². The van der Waals surface area contributed by atoms with Crippen molar-refractivity contribution in [3.05, 3.63) is 76.6 Å². The molecular weight excluding hydrogens is 415 g/mol. The van der Waals surface area contributed by atoms with Crippen molar-refractivity contribution in [3.8, 4) is 11.1 Å². The molecule has 0 bridgehead atoms. The molecule has 1 fully saturated rings. The first kappa shape index (κ1) is 23.3. The quantitative estimate of drug-likeness (QED) is 0.384. The smallest absolute Gasteiger partial charge is 0.149 e. The van der Waals surface area contributed by atoms with Crippen LogP contribution >= 0.6 is 11.6 Å². The van der Waals surface area contributed by atoms with Gasteiger partial charge in [-0.15, -0.1) is 0 Å². The average Bonchev–Trinajstić information content (AvgIpc) is 2.84. The Morgan fingerprint density at radius 1 is 0.938 bits per heavy atom. The molecule has 170 valence electrons. The molecule has 2 aliphatic rings. The van der Waals surface area contributed by atoms with E-state index in [1.807, 2.05) is 31.2 Å². The maximum absolute atomic E-state index is 14.6. The highest BCUT2D eigenvalue weighted by Gasteiger charge is 2.28. The van der Waals surface area contributed by atoms with Crippen LogP contribution in [0.5, 0.6) is 0 Å². The van der Waals surface area contributed by atoms with Gasteiger partial charge in [0, 0.05) is 5.56 Å². The molecule has 2 aromatic rings. The van der Waals surface area contributed by atoms with Gasteiger partial charge in [0.05, 0.1) is 5.02 Å². The second-order valence-electron chi connectivity index (χ2n) is 9.83. The summed E-state index contributed by atoms with van der Waals surface area (Å²) in [5.74, 6) is 2.40. The van der Waals surface area contributed by atoms with E-state index in [1.54, 1.807) is 0 Å². The fourth-order valence-electron chi connectivity index (χ4n) is 5.72. The lowest BCUT2D eigenvalue weighted by Gasteiger charge is -2.35. The molecule has 0 saturated heterocycles. The van der Waals surface area contributed by atoms with E-state index in [4.69, 9.17) is 11.6 Å². The van der Waals surface area contributed by atoms with E-state index in [0.29, 0.717) is 5.56 Å². The lowest BCUT2D eigenvalue weighted by molar-refractivity contribution is 0.190. The van der Waals surface area contributed by atoms with Crippen molar-refractivity contribution in [2.75, 3.05) is 0 Å². The van der Waals surface area contributed by atoms with Crippen molar-refractivity contribution in [2.45, 2.75) is 71.6 Å². The third-order valence-electron chi connectivity index (χ3n) is 7.83. The molecule has 0 amide bonds. The number of hydrogen-bond acceptors (Lipinski definition) is 0. The van der Waals surface area contributed by atoms with E-state index < -0.39 is 0 Å². The molecule has 0 nitrogen and oxygen atoms in total. The number of rotatable bonds is 6. The van der Waals surface area contributed by atoms with Gasteiger partial charge in [-0.25, -0.2) is 4.39 Å². The molecule has 1 saturated carbocycles. The van der Waals surface area contributed by atoms with Crippen LogP contribution in [-0.4, -0.2) is 0 Å². The standard InChI is InChI=1S/C30H36ClF/c1-3-4-5-6-22-8-10-23(11-9-22)24-12-14-25(15-13-24)26-16-18-27(19-17-26)28-20-7-21(2)29(31)30(28)32/h3-4,7,14,16-20,22-24H,5-6,8-13,15H2,1-2H3/b4-3+. The Bertz CT molecular complexity index is 961. The number of halogens is 2. The van der Waals surface area contributed by atoms with Crippen molar-refractivity contribution >= 4 is 17.2 Å². The van der Waals surface area contributed by atoms with Crippen LogP contribution in [0.15, 0.2) is 54.6 Å². The molecule has 2 aromatic carbocycles. The van der Waals surface area contributed by atoms with E-state index in [0.717, 1.165) is 35.3 Å². The Balaban J connectivity index is 1.34. The number of aryl methyl sites for hydroxylation is 1. The topological polar surface area (TPSA) is 0 Å². The summed E-state index contributed by atoms with van der Waals surface area (Å²) in [5.41, 5.74) is 4.96. The minimum Gasteiger partial charge on any atom is -0.205 e. The summed E-state index contributed by atoms with van der Waals surface area (Å²) in [6.45, 7) is 3.95. The molecule has 0 aromatic heterocycles. The van der Waals surface area contributed by atoms with Gasteiger partial charge in [-0.3, -0.25) is 0 Å². The molecule has 0 radical (unpaired) electrons. The Morgan fingerprint density at radius 3 is 2.31 bits per heavy atom. The van der Waals surface area contributed by atoms with Crippen LogP contribution in [-0.2, 0) is 0 Å². The van der Waals surface area contributed by atoms with Crippen LogP contribution in [0.2, 0.25) is 5.02 Å². The van der Waals surface area contributed by atoms with Crippen LogP contribution in [0, 0.1) is 30.5 Å². The normalized spacial score (nSPS) is 24.0. The zero-order valence-corrected chi connectivity index (χ0v) is 20.3. The second kappa shape index (κ2) is 10.8. The lowest BCUT2D eigenvalue weighted by atomic mass is 9.70. The van der Waals surface area contributed by atoms with Gasteiger partial charge >= 0.3 is 0 Å². The third kappa shape index (κ3) is 5.37. The molecule has 32 heavy (non-hydrogen) atoms. The van der Waals surface area contributed by atoms with Gasteiger partial charge in [-0.2, -0.15) is 0 Å². The zero-order chi connectivity index (χ0) is 22.5. The van der Waals surface area contributed by atoms with Gasteiger partial charge in [0.2, 0.25) is 0 Å². The molecule has 0 heterocycles. The van der Waals surface area contributed by atoms with Gasteiger partial charge in [-0.1, -0.05) is 79.1 Å². The van der Waals surface area contributed by atoms with Gasteiger partial charge in [0.25, 0.3) is 0 Å². The Labute approximate surface area is 198 Å². The summed E-state index contributed by atoms with van der Waals surface area (Å²) in [4.78, 5) is 0. The zero-order valence-electron chi connectivity index (χ0n) is 19.5. The maximum Gasteiger partial charge on any atom is 0.149 e. The van der Waals surface area contributed by atoms with Gasteiger partial charge < -0.3 is 0 Å². The largest absolute Gasteiger partial charge is 0.205 e. The molecule has 1 atom stereocenters. The number of hydrogen-bond donors (Lipinski definition) is 0. The summed E-state index contributed by atoms with van der Waals surface area (Å²) in [6.07, 6.45) is 19.0. The molecule has 0 aliphatic heterocycles. The van der Waals surface area contributed by atoms with Crippen molar-refractivity contribution in [1.82, 2.24) is 0 Å². The summed E-state index contributed by atoms with van der Waals surface area (Å²) >= 11 is 6.11. The summed E-state index contributed by atoms with van der Waals surface area (Å²) < 4.78 is 14.6. The third-order valence-corrected chi connectivity index (χ3v) is 8.29. The van der Waals surface area contributed by atoms with Crippen molar-refractivity contribution < 1.29 is 4.39 Å². The predicted molar refractivity (Wildman–Crippen MR) is 136 cm³/mol. The SMILES string of the molecule is C/C=C/CCC1CCC(C2CC=C(c3ccc(-c4ccc(C)c(Cl)c4F)cc3)CC2)CC1. The maximum atomic E-state index is 14.6. The van der Waals surface area contributed by atoms with E-state index in [-0.39, 0.29) is 10.8 Å². The van der Waals surface area contributed by atoms with E-state index in [9.17, 15) is 4.39 Å². The minimum absolute atomic E-state index is 0.222. The Kier molecular flexibility index (Phi) is 7.89. The van der Waals surface area contributed by atoms with E-state index >= 15 is 0 Å². The van der Waals surface area contributed by atoms with Crippen LogP contribution in [0.25, 0.3) is 16.7 Å². The Morgan fingerprint density at radius 2 is 1.66 bits per heavy atom.